The van der Waals surface area contributed by atoms with E-state index in [4.69, 9.17) is 0 Å². The number of hydrogen-bond donors (Lipinski definition) is 1. The van der Waals surface area contributed by atoms with Gasteiger partial charge >= 0.3 is 0 Å². The van der Waals surface area contributed by atoms with E-state index in [1.54, 1.807) is 11.3 Å². The molecule has 0 saturated carbocycles. The molecule has 0 aliphatic heterocycles. The highest BCUT2D eigenvalue weighted by atomic mass is 32.1. The van der Waals surface area contributed by atoms with E-state index in [2.05, 4.69) is 34.6 Å². The van der Waals surface area contributed by atoms with Crippen molar-refractivity contribution in [3.8, 4) is 0 Å². The van der Waals surface area contributed by atoms with Crippen LogP contribution in [-0.4, -0.2) is 21.3 Å². The van der Waals surface area contributed by atoms with Gasteiger partial charge in [-0.2, -0.15) is 5.10 Å². The summed E-state index contributed by atoms with van der Waals surface area (Å²) >= 11 is 1.70. The van der Waals surface area contributed by atoms with E-state index in [0.29, 0.717) is 0 Å². The highest BCUT2D eigenvalue weighted by Crippen LogP contribution is 2.26. The van der Waals surface area contributed by atoms with Crippen LogP contribution < -0.4 is 5.32 Å². The second-order valence-corrected chi connectivity index (χ2v) is 5.02. The molecule has 2 rings (SSSR count). The SMILES string of the molecule is CCNC(c1nc(C)cs1)c1cnn(C)c1C. The number of nitrogens with one attached hydrogen (secondary N) is 1. The lowest BCUT2D eigenvalue weighted by atomic mass is 10.1. The normalized spacial score (nSPS) is 12.9. The predicted molar refractivity (Wildman–Crippen MR) is 70.3 cm³/mol. The third-order valence-corrected chi connectivity index (χ3v) is 3.90. The molecule has 0 saturated heterocycles. The minimum Gasteiger partial charge on any atom is -0.304 e. The van der Waals surface area contributed by atoms with Gasteiger partial charge in [0.1, 0.15) is 5.01 Å². The lowest BCUT2D eigenvalue weighted by molar-refractivity contribution is 0.620. The van der Waals surface area contributed by atoms with Crippen LogP contribution in [0.1, 0.15) is 34.9 Å². The first-order valence-corrected chi connectivity index (χ1v) is 6.65. The summed E-state index contributed by atoms with van der Waals surface area (Å²) in [4.78, 5) is 4.58. The number of rotatable bonds is 4. The zero-order chi connectivity index (χ0) is 12.4. The van der Waals surface area contributed by atoms with Crippen molar-refractivity contribution in [3.63, 3.8) is 0 Å². The first kappa shape index (κ1) is 12.3. The fraction of sp³-hybridized carbons (Fsp3) is 0.500. The average molecular weight is 250 g/mol. The molecular formula is C12H18N4S. The molecule has 0 fully saturated rings. The third-order valence-electron chi connectivity index (χ3n) is 2.88. The molecule has 0 spiro atoms. The first-order valence-electron chi connectivity index (χ1n) is 5.77. The molecule has 1 N–H and O–H groups in total. The Balaban J connectivity index is 2.38. The second-order valence-electron chi connectivity index (χ2n) is 4.13. The van der Waals surface area contributed by atoms with Crippen LogP contribution in [0.15, 0.2) is 11.6 Å². The van der Waals surface area contributed by atoms with E-state index < -0.39 is 0 Å². The molecule has 92 valence electrons. The van der Waals surface area contributed by atoms with E-state index in [1.807, 2.05) is 24.9 Å². The molecule has 17 heavy (non-hydrogen) atoms. The van der Waals surface area contributed by atoms with Crippen molar-refractivity contribution in [1.82, 2.24) is 20.1 Å². The fourth-order valence-electron chi connectivity index (χ4n) is 1.84. The molecule has 0 aromatic carbocycles. The van der Waals surface area contributed by atoms with Gasteiger partial charge in [0.2, 0.25) is 0 Å². The van der Waals surface area contributed by atoms with Crippen LogP contribution in [0, 0.1) is 13.8 Å². The summed E-state index contributed by atoms with van der Waals surface area (Å²) < 4.78 is 1.90. The van der Waals surface area contributed by atoms with Gasteiger partial charge in [-0.25, -0.2) is 4.98 Å². The van der Waals surface area contributed by atoms with E-state index in [9.17, 15) is 0 Å². The third kappa shape index (κ3) is 2.40. The monoisotopic (exact) mass is 250 g/mol. The number of hydrogen-bond acceptors (Lipinski definition) is 4. The van der Waals surface area contributed by atoms with Gasteiger partial charge < -0.3 is 5.32 Å². The van der Waals surface area contributed by atoms with Gasteiger partial charge in [-0.15, -0.1) is 11.3 Å². The molecule has 1 atom stereocenters. The Morgan fingerprint density at radius 1 is 1.47 bits per heavy atom. The molecule has 0 amide bonds. The van der Waals surface area contributed by atoms with Crippen molar-refractivity contribution < 1.29 is 0 Å². The molecule has 4 nitrogen and oxygen atoms in total. The van der Waals surface area contributed by atoms with Gasteiger partial charge in [-0.05, 0) is 20.4 Å². The van der Waals surface area contributed by atoms with E-state index >= 15 is 0 Å². The number of thiazole rings is 1. The van der Waals surface area contributed by atoms with Gasteiger partial charge in [0.05, 0.1) is 12.2 Å². The summed E-state index contributed by atoms with van der Waals surface area (Å²) in [6, 6.07) is 0.160. The summed E-state index contributed by atoms with van der Waals surface area (Å²) in [6.45, 7) is 7.14. The maximum absolute atomic E-state index is 4.58. The van der Waals surface area contributed by atoms with E-state index in [0.717, 1.165) is 17.2 Å². The lowest BCUT2D eigenvalue weighted by Gasteiger charge is -2.15. The standard InChI is InChI=1S/C12H18N4S/c1-5-13-11(12-15-8(2)7-17-12)10-6-14-16(4)9(10)3/h6-7,11,13H,5H2,1-4H3. The van der Waals surface area contributed by atoms with E-state index in [1.165, 1.54) is 11.3 Å². The molecule has 0 aliphatic rings. The Kier molecular flexibility index (Phi) is 3.59. The molecular weight excluding hydrogens is 232 g/mol. The number of aryl methyl sites for hydroxylation is 2. The van der Waals surface area contributed by atoms with Crippen LogP contribution in [0.5, 0.6) is 0 Å². The Labute approximate surface area is 106 Å². The predicted octanol–water partition coefficient (Wildman–Crippen LogP) is 2.19. The highest BCUT2D eigenvalue weighted by Gasteiger charge is 2.20. The zero-order valence-electron chi connectivity index (χ0n) is 10.7. The summed E-state index contributed by atoms with van der Waals surface area (Å²) in [6.07, 6.45) is 1.93. The molecule has 2 aromatic heterocycles. The van der Waals surface area contributed by atoms with Crippen LogP contribution in [0.3, 0.4) is 0 Å². The van der Waals surface area contributed by atoms with Crippen LogP contribution in [0.4, 0.5) is 0 Å². The molecule has 2 heterocycles. The zero-order valence-corrected chi connectivity index (χ0v) is 11.5. The van der Waals surface area contributed by atoms with Crippen molar-refractivity contribution >= 4 is 11.3 Å². The lowest BCUT2D eigenvalue weighted by Crippen LogP contribution is -2.22. The van der Waals surface area contributed by atoms with Crippen molar-refractivity contribution in [2.45, 2.75) is 26.8 Å². The van der Waals surface area contributed by atoms with Gasteiger partial charge in [0.15, 0.2) is 0 Å². The Morgan fingerprint density at radius 2 is 2.24 bits per heavy atom. The first-order chi connectivity index (χ1) is 8.13. The highest BCUT2D eigenvalue weighted by molar-refractivity contribution is 7.09. The van der Waals surface area contributed by atoms with Crippen LogP contribution >= 0.6 is 11.3 Å². The van der Waals surface area contributed by atoms with Crippen LogP contribution in [-0.2, 0) is 7.05 Å². The van der Waals surface area contributed by atoms with Crippen molar-refractivity contribution in [2.75, 3.05) is 6.54 Å². The van der Waals surface area contributed by atoms with Gasteiger partial charge in [0.25, 0.3) is 0 Å². The number of aromatic nitrogens is 3. The number of nitrogens with zero attached hydrogens (tertiary/aromatic N) is 3. The van der Waals surface area contributed by atoms with E-state index in [-0.39, 0.29) is 6.04 Å². The van der Waals surface area contributed by atoms with Crippen LogP contribution in [0.2, 0.25) is 0 Å². The minimum atomic E-state index is 0.160. The summed E-state index contributed by atoms with van der Waals surface area (Å²) in [5, 5.41) is 11.0. The summed E-state index contributed by atoms with van der Waals surface area (Å²) in [5.41, 5.74) is 3.47. The molecule has 0 bridgehead atoms. The second kappa shape index (κ2) is 4.98. The summed E-state index contributed by atoms with van der Waals surface area (Å²) in [5.74, 6) is 0. The largest absolute Gasteiger partial charge is 0.304 e. The van der Waals surface area contributed by atoms with Crippen molar-refractivity contribution in [2.24, 2.45) is 7.05 Å². The Morgan fingerprint density at radius 3 is 2.71 bits per heavy atom. The molecule has 2 aromatic rings. The topological polar surface area (TPSA) is 42.7 Å². The average Bonchev–Trinajstić information content (AvgIpc) is 2.85. The quantitative estimate of drug-likeness (QED) is 0.904. The minimum absolute atomic E-state index is 0.160. The van der Waals surface area contributed by atoms with Gasteiger partial charge in [-0.3, -0.25) is 4.68 Å². The van der Waals surface area contributed by atoms with Crippen LogP contribution in [0.25, 0.3) is 0 Å². The smallest absolute Gasteiger partial charge is 0.115 e. The summed E-state index contributed by atoms with van der Waals surface area (Å²) in [7, 11) is 1.97. The maximum Gasteiger partial charge on any atom is 0.115 e. The van der Waals surface area contributed by atoms with Crippen molar-refractivity contribution in [1.29, 1.82) is 0 Å². The Hall–Kier alpha value is -1.20. The Bertz CT molecular complexity index is 500. The van der Waals surface area contributed by atoms with Gasteiger partial charge in [0, 0.05) is 29.4 Å². The molecule has 0 aliphatic carbocycles. The molecule has 0 radical (unpaired) electrons. The maximum atomic E-state index is 4.58. The molecule has 5 heteroatoms. The fourth-order valence-corrected chi connectivity index (χ4v) is 2.73. The van der Waals surface area contributed by atoms with Crippen molar-refractivity contribution in [3.05, 3.63) is 33.5 Å². The van der Waals surface area contributed by atoms with Gasteiger partial charge in [-0.1, -0.05) is 6.92 Å². The molecule has 1 unspecified atom stereocenters.